The molecule has 0 amide bonds. The molecular formula is C9H11N5O2S2. The fourth-order valence-corrected chi connectivity index (χ4v) is 4.21. The van der Waals surface area contributed by atoms with Crippen LogP contribution >= 0.6 is 11.3 Å². The molecule has 1 aliphatic rings. The Labute approximate surface area is 107 Å². The Morgan fingerprint density at radius 3 is 2.94 bits per heavy atom. The molecule has 4 N–H and O–H groups in total. The van der Waals surface area contributed by atoms with Crippen molar-refractivity contribution in [1.82, 2.24) is 15.2 Å². The SMILES string of the molecule is Nc1[nH]ncc1S(=O)(=O)Nc1nc2c(s1)CCC2. The number of hydrogen-bond acceptors (Lipinski definition) is 6. The topological polar surface area (TPSA) is 114 Å². The van der Waals surface area contributed by atoms with Gasteiger partial charge in [0.2, 0.25) is 0 Å². The van der Waals surface area contributed by atoms with E-state index in [4.69, 9.17) is 5.73 Å². The first-order chi connectivity index (χ1) is 8.56. The van der Waals surface area contributed by atoms with Gasteiger partial charge in [0.25, 0.3) is 10.0 Å². The molecule has 18 heavy (non-hydrogen) atoms. The first-order valence-corrected chi connectivity index (χ1v) is 7.66. The molecule has 9 heteroatoms. The Kier molecular flexibility index (Phi) is 2.52. The summed E-state index contributed by atoms with van der Waals surface area (Å²) in [6, 6.07) is 0. The summed E-state index contributed by atoms with van der Waals surface area (Å²) in [5.41, 5.74) is 6.50. The first-order valence-electron chi connectivity index (χ1n) is 5.36. The number of nitrogen functional groups attached to an aromatic ring is 1. The number of anilines is 2. The van der Waals surface area contributed by atoms with E-state index in [0.29, 0.717) is 5.13 Å². The smallest absolute Gasteiger partial charge is 0.268 e. The molecule has 0 spiro atoms. The number of nitrogens with two attached hydrogens (primary N) is 1. The third-order valence-corrected chi connectivity index (χ3v) is 5.31. The van der Waals surface area contributed by atoms with Gasteiger partial charge in [0.1, 0.15) is 10.7 Å². The summed E-state index contributed by atoms with van der Waals surface area (Å²) in [5.74, 6) is 0.0200. The van der Waals surface area contributed by atoms with Gasteiger partial charge >= 0.3 is 0 Å². The van der Waals surface area contributed by atoms with Crippen molar-refractivity contribution in [3.8, 4) is 0 Å². The summed E-state index contributed by atoms with van der Waals surface area (Å²) in [6.45, 7) is 0. The molecule has 0 fully saturated rings. The predicted molar refractivity (Wildman–Crippen MR) is 67.9 cm³/mol. The zero-order valence-corrected chi connectivity index (χ0v) is 10.9. The lowest BCUT2D eigenvalue weighted by Crippen LogP contribution is -2.13. The molecule has 96 valence electrons. The standard InChI is InChI=1S/C9H11N5O2S2/c10-8-7(4-11-13-8)18(15,16)14-9-12-5-2-1-3-6(5)17-9/h4H,1-3H2,(H,12,14)(H3,10,11,13). The number of hydrogen-bond donors (Lipinski definition) is 3. The van der Waals surface area contributed by atoms with Gasteiger partial charge in [-0.2, -0.15) is 5.10 Å². The average Bonchev–Trinajstić information content (AvgIpc) is 2.91. The zero-order chi connectivity index (χ0) is 12.8. The highest BCUT2D eigenvalue weighted by Gasteiger charge is 2.23. The predicted octanol–water partition coefficient (Wildman–Crippen LogP) is 0.738. The third-order valence-electron chi connectivity index (χ3n) is 2.74. The number of aromatic amines is 1. The van der Waals surface area contributed by atoms with Gasteiger partial charge in [-0.25, -0.2) is 13.4 Å². The van der Waals surface area contributed by atoms with Crippen LogP contribution in [-0.2, 0) is 22.9 Å². The molecule has 0 atom stereocenters. The van der Waals surface area contributed by atoms with E-state index >= 15 is 0 Å². The number of fused-ring (bicyclic) bond motifs is 1. The van der Waals surface area contributed by atoms with Crippen LogP contribution in [0.5, 0.6) is 0 Å². The summed E-state index contributed by atoms with van der Waals surface area (Å²) in [6.07, 6.45) is 4.17. The van der Waals surface area contributed by atoms with Gasteiger partial charge in [-0.3, -0.25) is 9.82 Å². The van der Waals surface area contributed by atoms with Crippen LogP contribution in [0.2, 0.25) is 0 Å². The molecule has 0 unspecified atom stereocenters. The second kappa shape index (κ2) is 3.95. The lowest BCUT2D eigenvalue weighted by atomic mass is 10.4. The van der Waals surface area contributed by atoms with Gasteiger partial charge in [-0.1, -0.05) is 0 Å². The fourth-order valence-electron chi connectivity index (χ4n) is 1.90. The van der Waals surface area contributed by atoms with E-state index in [0.717, 1.165) is 29.8 Å². The van der Waals surface area contributed by atoms with E-state index < -0.39 is 10.0 Å². The molecule has 3 rings (SSSR count). The van der Waals surface area contributed by atoms with Crippen LogP contribution < -0.4 is 10.5 Å². The highest BCUT2D eigenvalue weighted by atomic mass is 32.2. The Balaban J connectivity index is 1.90. The van der Waals surface area contributed by atoms with Crippen molar-refractivity contribution < 1.29 is 8.42 Å². The highest BCUT2D eigenvalue weighted by molar-refractivity contribution is 7.93. The van der Waals surface area contributed by atoms with Crippen molar-refractivity contribution in [3.05, 3.63) is 16.8 Å². The molecule has 0 radical (unpaired) electrons. The van der Waals surface area contributed by atoms with Gasteiger partial charge in [-0.05, 0) is 19.3 Å². The van der Waals surface area contributed by atoms with Gasteiger partial charge < -0.3 is 5.73 Å². The number of sulfonamides is 1. The minimum absolute atomic E-state index is 0.0200. The molecular weight excluding hydrogens is 274 g/mol. The number of aromatic nitrogens is 3. The monoisotopic (exact) mass is 285 g/mol. The van der Waals surface area contributed by atoms with Gasteiger partial charge in [0.15, 0.2) is 5.13 Å². The number of nitrogens with zero attached hydrogens (tertiary/aromatic N) is 2. The quantitative estimate of drug-likeness (QED) is 0.769. The van der Waals surface area contributed by atoms with Crippen LogP contribution in [-0.4, -0.2) is 23.6 Å². The van der Waals surface area contributed by atoms with E-state index in [1.165, 1.54) is 17.5 Å². The maximum atomic E-state index is 12.0. The number of rotatable bonds is 3. The van der Waals surface area contributed by atoms with Crippen LogP contribution in [0, 0.1) is 0 Å². The van der Waals surface area contributed by atoms with Crippen LogP contribution in [0.25, 0.3) is 0 Å². The second-order valence-corrected chi connectivity index (χ2v) is 6.73. The molecule has 2 aromatic heterocycles. The largest absolute Gasteiger partial charge is 0.383 e. The number of aryl methyl sites for hydroxylation is 2. The van der Waals surface area contributed by atoms with Crippen molar-refractivity contribution >= 4 is 32.3 Å². The van der Waals surface area contributed by atoms with Gasteiger partial charge in [-0.15, -0.1) is 11.3 Å². The van der Waals surface area contributed by atoms with Crippen LogP contribution in [0.15, 0.2) is 11.1 Å². The van der Waals surface area contributed by atoms with Crippen molar-refractivity contribution in [3.63, 3.8) is 0 Å². The summed E-state index contributed by atoms with van der Waals surface area (Å²) in [5, 5.41) is 6.37. The number of nitrogens with one attached hydrogen (secondary N) is 2. The maximum Gasteiger partial charge on any atom is 0.268 e. The van der Waals surface area contributed by atoms with E-state index in [1.54, 1.807) is 0 Å². The molecule has 7 nitrogen and oxygen atoms in total. The lowest BCUT2D eigenvalue weighted by Gasteiger charge is -2.03. The fraction of sp³-hybridized carbons (Fsp3) is 0.333. The Morgan fingerprint density at radius 2 is 2.28 bits per heavy atom. The van der Waals surface area contributed by atoms with Crippen molar-refractivity contribution in [2.24, 2.45) is 0 Å². The summed E-state index contributed by atoms with van der Waals surface area (Å²) >= 11 is 1.38. The zero-order valence-electron chi connectivity index (χ0n) is 9.30. The number of H-pyrrole nitrogens is 1. The van der Waals surface area contributed by atoms with Crippen LogP contribution in [0.1, 0.15) is 17.0 Å². The van der Waals surface area contributed by atoms with Crippen molar-refractivity contribution in [2.45, 2.75) is 24.2 Å². The Hall–Kier alpha value is -1.61. The molecule has 0 saturated heterocycles. The molecule has 0 bridgehead atoms. The number of thiazole rings is 1. The minimum atomic E-state index is -3.71. The van der Waals surface area contributed by atoms with Gasteiger partial charge in [0.05, 0.1) is 11.9 Å². The van der Waals surface area contributed by atoms with Crippen molar-refractivity contribution in [1.29, 1.82) is 0 Å². The Bertz CT molecular complexity index is 666. The molecule has 2 heterocycles. The van der Waals surface area contributed by atoms with Crippen LogP contribution in [0.4, 0.5) is 10.9 Å². The summed E-state index contributed by atoms with van der Waals surface area (Å²) < 4.78 is 26.5. The van der Waals surface area contributed by atoms with E-state index in [1.807, 2.05) is 0 Å². The summed E-state index contributed by atoms with van der Waals surface area (Å²) in [4.78, 5) is 5.37. The normalized spacial score (nSPS) is 14.7. The molecule has 0 aliphatic heterocycles. The van der Waals surface area contributed by atoms with E-state index in [-0.39, 0.29) is 10.7 Å². The first kappa shape index (κ1) is 11.5. The average molecular weight is 285 g/mol. The van der Waals surface area contributed by atoms with E-state index in [2.05, 4.69) is 19.9 Å². The van der Waals surface area contributed by atoms with Crippen molar-refractivity contribution in [2.75, 3.05) is 10.5 Å². The van der Waals surface area contributed by atoms with E-state index in [9.17, 15) is 8.42 Å². The van der Waals surface area contributed by atoms with Gasteiger partial charge in [0, 0.05) is 4.88 Å². The minimum Gasteiger partial charge on any atom is -0.383 e. The lowest BCUT2D eigenvalue weighted by molar-refractivity contribution is 0.601. The molecule has 0 aromatic carbocycles. The van der Waals surface area contributed by atoms with Crippen LogP contribution in [0.3, 0.4) is 0 Å². The second-order valence-electron chi connectivity index (χ2n) is 4.00. The molecule has 0 saturated carbocycles. The maximum absolute atomic E-state index is 12.0. The third kappa shape index (κ3) is 1.85. The molecule has 1 aliphatic carbocycles. The summed E-state index contributed by atoms with van der Waals surface area (Å²) in [7, 11) is -3.71. The Morgan fingerprint density at radius 1 is 1.44 bits per heavy atom. The highest BCUT2D eigenvalue weighted by Crippen LogP contribution is 2.31. The molecule has 2 aromatic rings.